The molecule has 0 fully saturated rings. The van der Waals surface area contributed by atoms with Crippen molar-refractivity contribution in [2.75, 3.05) is 7.11 Å². The summed E-state index contributed by atoms with van der Waals surface area (Å²) < 4.78 is 6.94. The predicted molar refractivity (Wildman–Crippen MR) is 88.5 cm³/mol. The maximum atomic E-state index is 12.3. The number of amides is 1. The van der Waals surface area contributed by atoms with Gasteiger partial charge in [0.1, 0.15) is 0 Å². The van der Waals surface area contributed by atoms with Gasteiger partial charge in [0.25, 0.3) is 5.91 Å². The summed E-state index contributed by atoms with van der Waals surface area (Å²) in [6.45, 7) is 0.678. The van der Waals surface area contributed by atoms with Crippen molar-refractivity contribution >= 4 is 17.2 Å². The van der Waals surface area contributed by atoms with Crippen LogP contribution >= 0.6 is 11.3 Å². The summed E-state index contributed by atoms with van der Waals surface area (Å²) in [6, 6.07) is 13.4. The summed E-state index contributed by atoms with van der Waals surface area (Å²) in [6.07, 6.45) is 3.40. The molecule has 1 amide bonds. The van der Waals surface area contributed by atoms with E-state index in [2.05, 4.69) is 9.98 Å². The molecule has 0 aliphatic carbocycles. The van der Waals surface area contributed by atoms with E-state index in [-0.39, 0.29) is 5.91 Å². The number of rotatable bonds is 4. The Morgan fingerprint density at radius 3 is 2.78 bits per heavy atom. The van der Waals surface area contributed by atoms with Crippen molar-refractivity contribution in [3.8, 4) is 5.88 Å². The molecule has 116 valence electrons. The number of nitrogens with zero attached hydrogens (tertiary/aromatic N) is 3. The molecule has 0 N–H and O–H groups in total. The molecule has 1 aromatic carbocycles. The number of carbonyl (C=O) groups excluding carboxylic acids is 1. The van der Waals surface area contributed by atoms with Gasteiger partial charge in [-0.05, 0) is 11.6 Å². The lowest BCUT2D eigenvalue weighted by molar-refractivity contribution is 0.0997. The standard InChI is InChI=1S/C17H15N3O2S/c1-22-15-8-7-14(11-18-15)16(21)19-17-20(9-10-23-17)12-13-5-3-2-4-6-13/h2-11H,12H2,1H3. The number of aromatic nitrogens is 2. The molecule has 2 aromatic heterocycles. The van der Waals surface area contributed by atoms with Gasteiger partial charge in [-0.15, -0.1) is 11.3 Å². The van der Waals surface area contributed by atoms with Gasteiger partial charge in [-0.25, -0.2) is 4.98 Å². The van der Waals surface area contributed by atoms with Crippen molar-refractivity contribution in [3.63, 3.8) is 0 Å². The fourth-order valence-corrected chi connectivity index (χ4v) is 2.79. The van der Waals surface area contributed by atoms with Crippen molar-refractivity contribution in [1.82, 2.24) is 9.55 Å². The lowest BCUT2D eigenvalue weighted by Crippen LogP contribution is -2.17. The molecule has 0 saturated heterocycles. The van der Waals surface area contributed by atoms with Crippen LogP contribution in [0.4, 0.5) is 0 Å². The first-order valence-corrected chi connectivity index (χ1v) is 7.91. The minimum atomic E-state index is -0.315. The maximum absolute atomic E-state index is 12.3. The third kappa shape index (κ3) is 3.73. The van der Waals surface area contributed by atoms with Crippen molar-refractivity contribution in [1.29, 1.82) is 0 Å². The highest BCUT2D eigenvalue weighted by Crippen LogP contribution is 2.08. The van der Waals surface area contributed by atoms with E-state index in [9.17, 15) is 4.79 Å². The SMILES string of the molecule is COc1ccc(C(=O)N=c2sccn2Cc2ccccc2)cn1. The molecule has 0 unspecified atom stereocenters. The fraction of sp³-hybridized carbons (Fsp3) is 0.118. The maximum Gasteiger partial charge on any atom is 0.281 e. The van der Waals surface area contributed by atoms with E-state index >= 15 is 0 Å². The number of benzene rings is 1. The molecule has 0 aliphatic rings. The summed E-state index contributed by atoms with van der Waals surface area (Å²) in [7, 11) is 1.53. The normalized spacial score (nSPS) is 11.4. The second kappa shape index (κ2) is 7.02. The molecule has 0 atom stereocenters. The molecule has 0 saturated carbocycles. The molecule has 0 radical (unpaired) electrons. The summed E-state index contributed by atoms with van der Waals surface area (Å²) in [5.74, 6) is 0.154. The van der Waals surface area contributed by atoms with Gasteiger partial charge in [0.05, 0.1) is 12.7 Å². The first-order chi connectivity index (χ1) is 11.3. The molecular weight excluding hydrogens is 310 g/mol. The van der Waals surface area contributed by atoms with Crippen molar-refractivity contribution in [2.24, 2.45) is 4.99 Å². The fourth-order valence-electron chi connectivity index (χ4n) is 2.07. The van der Waals surface area contributed by atoms with E-state index in [1.165, 1.54) is 24.6 Å². The first-order valence-electron chi connectivity index (χ1n) is 7.03. The van der Waals surface area contributed by atoms with Gasteiger partial charge in [0, 0.05) is 30.4 Å². The van der Waals surface area contributed by atoms with Crippen LogP contribution in [0.15, 0.2) is 65.2 Å². The molecule has 5 nitrogen and oxygen atoms in total. The molecule has 23 heavy (non-hydrogen) atoms. The van der Waals surface area contributed by atoms with Crippen LogP contribution in [-0.4, -0.2) is 22.6 Å². The number of methoxy groups -OCH3 is 1. The van der Waals surface area contributed by atoms with Crippen LogP contribution in [0.2, 0.25) is 0 Å². The lowest BCUT2D eigenvalue weighted by atomic mass is 10.2. The molecule has 0 aliphatic heterocycles. The van der Waals surface area contributed by atoms with Gasteiger partial charge < -0.3 is 9.30 Å². The predicted octanol–water partition coefficient (Wildman–Crippen LogP) is 2.74. The summed E-state index contributed by atoms with van der Waals surface area (Å²) in [5.41, 5.74) is 1.59. The average Bonchev–Trinajstić information content (AvgIpc) is 3.02. The van der Waals surface area contributed by atoms with E-state index < -0.39 is 0 Å². The Morgan fingerprint density at radius 1 is 1.26 bits per heavy atom. The zero-order valence-electron chi connectivity index (χ0n) is 12.5. The highest BCUT2D eigenvalue weighted by Gasteiger charge is 2.06. The second-order valence-corrected chi connectivity index (χ2v) is 5.68. The van der Waals surface area contributed by atoms with Crippen LogP contribution in [0.1, 0.15) is 15.9 Å². The van der Waals surface area contributed by atoms with Crippen molar-refractivity contribution < 1.29 is 9.53 Å². The third-order valence-electron chi connectivity index (χ3n) is 3.25. The lowest BCUT2D eigenvalue weighted by Gasteiger charge is -2.03. The zero-order chi connectivity index (χ0) is 16.1. The topological polar surface area (TPSA) is 56.5 Å². The molecule has 0 bridgehead atoms. The van der Waals surface area contributed by atoms with E-state index in [1.807, 2.05) is 46.5 Å². The molecule has 0 spiro atoms. The van der Waals surface area contributed by atoms with E-state index in [4.69, 9.17) is 4.74 Å². The third-order valence-corrected chi connectivity index (χ3v) is 4.04. The monoisotopic (exact) mass is 325 g/mol. The molecule has 2 heterocycles. The van der Waals surface area contributed by atoms with Gasteiger partial charge in [-0.3, -0.25) is 4.79 Å². The van der Waals surface area contributed by atoms with E-state index in [1.54, 1.807) is 12.1 Å². The quantitative estimate of drug-likeness (QED) is 0.741. The van der Waals surface area contributed by atoms with Gasteiger partial charge in [-0.2, -0.15) is 4.99 Å². The Hall–Kier alpha value is -2.73. The first kappa shape index (κ1) is 15.2. The Kier molecular flexibility index (Phi) is 4.63. The van der Waals surface area contributed by atoms with Crippen molar-refractivity contribution in [2.45, 2.75) is 6.54 Å². The number of ether oxygens (including phenoxy) is 1. The Labute approximate surface area is 137 Å². The number of carbonyl (C=O) groups is 1. The van der Waals surface area contributed by atoms with Crippen LogP contribution in [0, 0.1) is 0 Å². The van der Waals surface area contributed by atoms with Crippen LogP contribution in [0.3, 0.4) is 0 Å². The number of hydrogen-bond acceptors (Lipinski definition) is 4. The van der Waals surface area contributed by atoms with Crippen molar-refractivity contribution in [3.05, 3.63) is 76.2 Å². The Bertz CT molecular complexity index is 851. The van der Waals surface area contributed by atoms with Crippen LogP contribution in [0.25, 0.3) is 0 Å². The molecule has 3 rings (SSSR count). The largest absolute Gasteiger partial charge is 0.481 e. The van der Waals surface area contributed by atoms with Gasteiger partial charge in [0.15, 0.2) is 4.80 Å². The van der Waals surface area contributed by atoms with Gasteiger partial charge in [0.2, 0.25) is 5.88 Å². The minimum Gasteiger partial charge on any atom is -0.481 e. The number of hydrogen-bond donors (Lipinski definition) is 0. The number of thiazole rings is 1. The summed E-state index contributed by atoms with van der Waals surface area (Å²) in [5, 5.41) is 1.92. The van der Waals surface area contributed by atoms with Crippen LogP contribution in [0.5, 0.6) is 5.88 Å². The zero-order valence-corrected chi connectivity index (χ0v) is 13.4. The highest BCUT2D eigenvalue weighted by atomic mass is 32.1. The van der Waals surface area contributed by atoms with Gasteiger partial charge in [-0.1, -0.05) is 30.3 Å². The second-order valence-electron chi connectivity index (χ2n) is 4.81. The highest BCUT2D eigenvalue weighted by molar-refractivity contribution is 7.07. The molecule has 3 aromatic rings. The smallest absolute Gasteiger partial charge is 0.281 e. The molecular formula is C17H15N3O2S. The van der Waals surface area contributed by atoms with Crippen LogP contribution < -0.4 is 9.54 Å². The summed E-state index contributed by atoms with van der Waals surface area (Å²) in [4.78, 5) is 21.2. The minimum absolute atomic E-state index is 0.315. The summed E-state index contributed by atoms with van der Waals surface area (Å²) >= 11 is 1.43. The Morgan fingerprint density at radius 2 is 2.09 bits per heavy atom. The average molecular weight is 325 g/mol. The Balaban J connectivity index is 1.85. The van der Waals surface area contributed by atoms with Crippen LogP contribution in [-0.2, 0) is 6.54 Å². The molecule has 6 heteroatoms. The van der Waals surface area contributed by atoms with E-state index in [0.717, 1.165) is 5.56 Å². The van der Waals surface area contributed by atoms with E-state index in [0.29, 0.717) is 22.8 Å². The van der Waals surface area contributed by atoms with Gasteiger partial charge >= 0.3 is 0 Å². The number of pyridine rings is 1.